The molecule has 8 nitrogen and oxygen atoms in total. The largest absolute Gasteiger partial charge is 0.493 e. The Morgan fingerprint density at radius 3 is 2.38 bits per heavy atom. The first-order valence-electron chi connectivity index (χ1n) is 13.6. The molecule has 222 valence electrons. The summed E-state index contributed by atoms with van der Waals surface area (Å²) in [6.45, 7) is 2.00. The van der Waals surface area contributed by atoms with E-state index in [1.165, 1.54) is 22.9 Å². The Bertz CT molecular complexity index is 1570. The van der Waals surface area contributed by atoms with Gasteiger partial charge in [0.15, 0.2) is 11.5 Å². The van der Waals surface area contributed by atoms with E-state index < -0.39 is 23.2 Å². The van der Waals surface area contributed by atoms with E-state index in [4.69, 9.17) is 9.47 Å². The van der Waals surface area contributed by atoms with E-state index in [-0.39, 0.29) is 47.9 Å². The van der Waals surface area contributed by atoms with E-state index in [2.05, 4.69) is 0 Å². The number of aromatic nitrogens is 1. The SMILES string of the molecule is COc1cc(C)ccc1OC1CCN(CC(O)(c2cn(Cc3ccccc3)c3cc([N+](=O)[O-])ccc23)C(F)(F)F)CC1. The number of nitrogens with zero attached hydrogens (tertiary/aromatic N) is 3. The first-order valence-corrected chi connectivity index (χ1v) is 13.6. The van der Waals surface area contributed by atoms with Gasteiger partial charge in [0.2, 0.25) is 5.60 Å². The highest BCUT2D eigenvalue weighted by molar-refractivity contribution is 5.87. The van der Waals surface area contributed by atoms with Crippen LogP contribution in [0.15, 0.2) is 72.9 Å². The fraction of sp³-hybridized carbons (Fsp3) is 0.355. The quantitative estimate of drug-likeness (QED) is 0.186. The van der Waals surface area contributed by atoms with Gasteiger partial charge in [-0.3, -0.25) is 15.0 Å². The van der Waals surface area contributed by atoms with Crippen LogP contribution in [-0.4, -0.2) is 58.5 Å². The molecule has 4 aromatic rings. The van der Waals surface area contributed by atoms with Crippen LogP contribution in [0.4, 0.5) is 18.9 Å². The summed E-state index contributed by atoms with van der Waals surface area (Å²) in [4.78, 5) is 12.5. The van der Waals surface area contributed by atoms with Crippen molar-refractivity contribution in [1.29, 1.82) is 0 Å². The fourth-order valence-electron chi connectivity index (χ4n) is 5.52. The Morgan fingerprint density at radius 1 is 1.02 bits per heavy atom. The number of aryl methyl sites for hydroxylation is 1. The Labute approximate surface area is 241 Å². The number of methoxy groups -OCH3 is 1. The lowest BCUT2D eigenvalue weighted by molar-refractivity contribution is -0.384. The third-order valence-electron chi connectivity index (χ3n) is 7.79. The van der Waals surface area contributed by atoms with Gasteiger partial charge in [-0.15, -0.1) is 0 Å². The number of likely N-dealkylation sites (tertiary alicyclic amines) is 1. The van der Waals surface area contributed by atoms with Gasteiger partial charge in [0.1, 0.15) is 6.10 Å². The first kappa shape index (κ1) is 29.4. The van der Waals surface area contributed by atoms with Crippen LogP contribution in [0, 0.1) is 17.0 Å². The molecule has 11 heteroatoms. The molecule has 0 bridgehead atoms. The summed E-state index contributed by atoms with van der Waals surface area (Å²) in [5.41, 5.74) is -1.74. The third kappa shape index (κ3) is 5.93. The van der Waals surface area contributed by atoms with Crippen molar-refractivity contribution in [3.8, 4) is 11.5 Å². The standard InChI is InChI=1S/C31H32F3N3O5/c1-21-8-11-28(29(16-21)41-2)42-24-12-14-35(15-13-24)20-30(38,31(32,33)34)26-19-36(18-22-6-4-3-5-7-22)27-17-23(37(39)40)9-10-25(26)27/h3-11,16-17,19,24,38H,12-15,18,20H2,1-2H3. The van der Waals surface area contributed by atoms with Crippen molar-refractivity contribution in [2.45, 2.75) is 44.2 Å². The summed E-state index contributed by atoms with van der Waals surface area (Å²) in [5, 5.41) is 23.0. The zero-order valence-electron chi connectivity index (χ0n) is 23.3. The maximum Gasteiger partial charge on any atom is 0.422 e. The Kier molecular flexibility index (Phi) is 8.16. The summed E-state index contributed by atoms with van der Waals surface area (Å²) in [5.74, 6) is 1.17. The molecule has 0 spiro atoms. The number of nitro groups is 1. The van der Waals surface area contributed by atoms with Crippen molar-refractivity contribution in [2.75, 3.05) is 26.7 Å². The van der Waals surface area contributed by atoms with Gasteiger partial charge < -0.3 is 19.1 Å². The van der Waals surface area contributed by atoms with Gasteiger partial charge in [-0.2, -0.15) is 13.2 Å². The van der Waals surface area contributed by atoms with Crippen molar-refractivity contribution < 1.29 is 32.7 Å². The second-order valence-corrected chi connectivity index (χ2v) is 10.7. The molecule has 1 aliphatic rings. The van der Waals surface area contributed by atoms with E-state index >= 15 is 0 Å². The smallest absolute Gasteiger partial charge is 0.422 e. The van der Waals surface area contributed by atoms with Crippen molar-refractivity contribution in [1.82, 2.24) is 9.47 Å². The van der Waals surface area contributed by atoms with Crippen LogP contribution in [0.2, 0.25) is 0 Å². The number of piperidine rings is 1. The van der Waals surface area contributed by atoms with Crippen molar-refractivity contribution in [2.24, 2.45) is 0 Å². The topological polar surface area (TPSA) is 90.0 Å². The van der Waals surface area contributed by atoms with E-state index in [1.807, 2.05) is 43.3 Å². The number of hydrogen-bond donors (Lipinski definition) is 1. The van der Waals surface area contributed by atoms with Crippen molar-refractivity contribution >= 4 is 16.6 Å². The number of β-amino-alcohol motifs (C(OH)–C–C–N with tert-alkyl or cyclic N) is 1. The Morgan fingerprint density at radius 2 is 1.74 bits per heavy atom. The molecule has 0 aliphatic carbocycles. The average molecular weight is 584 g/mol. The molecule has 0 saturated carbocycles. The van der Waals surface area contributed by atoms with Crippen LogP contribution in [-0.2, 0) is 12.1 Å². The zero-order valence-corrected chi connectivity index (χ0v) is 23.3. The molecular weight excluding hydrogens is 551 g/mol. The summed E-state index contributed by atoms with van der Waals surface area (Å²) >= 11 is 0. The number of benzene rings is 3. The van der Waals surface area contributed by atoms with Gasteiger partial charge in [-0.25, -0.2) is 0 Å². The summed E-state index contributed by atoms with van der Waals surface area (Å²) in [6.07, 6.45) is -3.03. The van der Waals surface area contributed by atoms with Crippen molar-refractivity contribution in [3.63, 3.8) is 0 Å². The van der Waals surface area contributed by atoms with Gasteiger partial charge in [-0.05, 0) is 49.1 Å². The lowest BCUT2D eigenvalue weighted by Gasteiger charge is -2.39. The van der Waals surface area contributed by atoms with Gasteiger partial charge in [0.25, 0.3) is 5.69 Å². The normalized spacial score (nSPS) is 16.3. The first-order chi connectivity index (χ1) is 20.0. The van der Waals surface area contributed by atoms with Crippen LogP contribution in [0.5, 0.6) is 11.5 Å². The predicted molar refractivity (Wildman–Crippen MR) is 152 cm³/mol. The van der Waals surface area contributed by atoms with E-state index in [0.717, 1.165) is 17.2 Å². The number of alkyl halides is 3. The highest BCUT2D eigenvalue weighted by atomic mass is 19.4. The zero-order chi connectivity index (χ0) is 30.1. The van der Waals surface area contributed by atoms with E-state index in [9.17, 15) is 28.4 Å². The molecular formula is C31H32F3N3O5. The monoisotopic (exact) mass is 583 g/mol. The second-order valence-electron chi connectivity index (χ2n) is 10.7. The van der Waals surface area contributed by atoms with Gasteiger partial charge in [0.05, 0.1) is 17.5 Å². The lowest BCUT2D eigenvalue weighted by atomic mass is 9.91. The number of fused-ring (bicyclic) bond motifs is 1. The molecule has 2 heterocycles. The highest BCUT2D eigenvalue weighted by Gasteiger charge is 2.57. The minimum absolute atomic E-state index is 0.112. The molecule has 1 saturated heterocycles. The number of nitro benzene ring substituents is 1. The molecule has 0 radical (unpaired) electrons. The minimum Gasteiger partial charge on any atom is -0.493 e. The molecule has 1 N–H and O–H groups in total. The molecule has 1 aliphatic heterocycles. The maximum atomic E-state index is 14.8. The van der Waals surface area contributed by atoms with Crippen LogP contribution in [0.3, 0.4) is 0 Å². The van der Waals surface area contributed by atoms with Crippen LogP contribution < -0.4 is 9.47 Å². The summed E-state index contributed by atoms with van der Waals surface area (Å²) in [6, 6.07) is 18.3. The molecule has 3 aromatic carbocycles. The second kappa shape index (κ2) is 11.7. The molecule has 0 amide bonds. The predicted octanol–water partition coefficient (Wildman–Crippen LogP) is 6.21. The van der Waals surface area contributed by atoms with E-state index in [1.54, 1.807) is 24.1 Å². The molecule has 1 aromatic heterocycles. The number of aliphatic hydroxyl groups is 1. The summed E-state index contributed by atoms with van der Waals surface area (Å²) in [7, 11) is 1.55. The van der Waals surface area contributed by atoms with Crippen molar-refractivity contribution in [3.05, 3.63) is 99.7 Å². The van der Waals surface area contributed by atoms with Crippen LogP contribution >= 0.6 is 0 Å². The van der Waals surface area contributed by atoms with Gasteiger partial charge in [0, 0.05) is 55.5 Å². The lowest BCUT2D eigenvalue weighted by Crippen LogP contribution is -2.53. The number of non-ortho nitro benzene ring substituents is 1. The number of ether oxygens (including phenoxy) is 2. The summed E-state index contributed by atoms with van der Waals surface area (Å²) < 4.78 is 57.3. The Balaban J connectivity index is 1.42. The number of hydrogen-bond acceptors (Lipinski definition) is 6. The van der Waals surface area contributed by atoms with E-state index in [0.29, 0.717) is 24.3 Å². The molecule has 42 heavy (non-hydrogen) atoms. The third-order valence-corrected chi connectivity index (χ3v) is 7.79. The van der Waals surface area contributed by atoms with Crippen LogP contribution in [0.25, 0.3) is 10.9 Å². The van der Waals surface area contributed by atoms with Crippen LogP contribution in [0.1, 0.15) is 29.5 Å². The molecule has 1 atom stereocenters. The minimum atomic E-state index is -5.01. The number of halogens is 3. The highest BCUT2D eigenvalue weighted by Crippen LogP contribution is 2.44. The maximum absolute atomic E-state index is 14.8. The van der Waals surface area contributed by atoms with Gasteiger partial charge >= 0.3 is 6.18 Å². The van der Waals surface area contributed by atoms with Gasteiger partial charge in [-0.1, -0.05) is 36.4 Å². The Hall–Kier alpha value is -4.09. The average Bonchev–Trinajstić information content (AvgIpc) is 3.32. The fourth-order valence-corrected chi connectivity index (χ4v) is 5.52. The number of rotatable bonds is 9. The molecule has 1 unspecified atom stereocenters. The molecule has 1 fully saturated rings. The molecule has 5 rings (SSSR count).